The number of rotatable bonds is 4. The van der Waals surface area contributed by atoms with Gasteiger partial charge >= 0.3 is 5.96 Å². The minimum absolute atomic E-state index is 0.0386. The fraction of sp³-hybridized carbons (Fsp3) is 0.450. The third-order valence-corrected chi connectivity index (χ3v) is 6.75. The molecule has 0 radical (unpaired) electrons. The van der Waals surface area contributed by atoms with Crippen LogP contribution in [0.2, 0.25) is 0 Å². The van der Waals surface area contributed by atoms with E-state index in [9.17, 15) is 24.6 Å². The van der Waals surface area contributed by atoms with Crippen molar-refractivity contribution in [3.8, 4) is 0 Å². The Hall–Kier alpha value is -3.71. The zero-order chi connectivity index (χ0) is 23.5. The summed E-state index contributed by atoms with van der Waals surface area (Å²) < 4.78 is 0. The molecule has 4 heterocycles. The van der Waals surface area contributed by atoms with Crippen LogP contribution in [0.25, 0.3) is 0 Å². The molecule has 0 aromatic heterocycles. The first kappa shape index (κ1) is 21.2. The van der Waals surface area contributed by atoms with Crippen molar-refractivity contribution >= 4 is 29.6 Å². The fourth-order valence-electron chi connectivity index (χ4n) is 5.17. The van der Waals surface area contributed by atoms with E-state index in [-0.39, 0.29) is 49.7 Å². The number of benzene rings is 1. The maximum absolute atomic E-state index is 12.7. The summed E-state index contributed by atoms with van der Waals surface area (Å²) in [5.41, 5.74) is 10.9. The Labute approximate surface area is 188 Å². The van der Waals surface area contributed by atoms with E-state index >= 15 is 0 Å². The third kappa shape index (κ3) is 2.96. The van der Waals surface area contributed by atoms with E-state index in [0.29, 0.717) is 5.56 Å². The lowest BCUT2D eigenvalue weighted by molar-refractivity contribution is -0.521. The first-order valence-electron chi connectivity index (χ1n) is 10.6. The second-order valence-electron chi connectivity index (χ2n) is 8.61. The van der Waals surface area contributed by atoms with Gasteiger partial charge in [0.2, 0.25) is 17.6 Å². The molecule has 4 aliphatic heterocycles. The standard InChI is InChI=1S/C20H24N8O5/c21-17-25-15-11(8-27-13(29)6-7-14(27)30)23-18(22)28-9-12(20(32,33)19(15,28)26-17)24-16(31)10-4-2-1-3-5-10/h1-5,11-12,15,32-33H,6-9H2,(H2,22,23)(H,24,31)(H3,21,25,26)/p+1/t11-,12-,15-,19-/m0/s1. The molecular weight excluding hydrogens is 432 g/mol. The first-order chi connectivity index (χ1) is 15.6. The SMILES string of the molecule is NC1=N[C@@H](CN2C(=O)CCC2=O)[C@@H]2[NH+]=C(N)N[C@]23N1C[C@H](NC(=O)c1ccccc1)C3(O)O. The van der Waals surface area contributed by atoms with Gasteiger partial charge in [-0.25, -0.2) is 10.3 Å². The fourth-order valence-corrected chi connectivity index (χ4v) is 5.17. The molecule has 0 unspecified atom stereocenters. The Morgan fingerprint density at radius 3 is 2.55 bits per heavy atom. The van der Waals surface area contributed by atoms with E-state index in [0.717, 1.165) is 4.90 Å². The smallest absolute Gasteiger partial charge is 0.343 e. The molecule has 2 fully saturated rings. The van der Waals surface area contributed by atoms with Crippen molar-refractivity contribution in [1.82, 2.24) is 20.4 Å². The van der Waals surface area contributed by atoms with Crippen molar-refractivity contribution < 1.29 is 29.6 Å². The number of amides is 3. The molecule has 33 heavy (non-hydrogen) atoms. The Balaban J connectivity index is 1.48. The summed E-state index contributed by atoms with van der Waals surface area (Å²) in [4.78, 5) is 47.0. The summed E-state index contributed by atoms with van der Waals surface area (Å²) >= 11 is 0. The molecule has 0 saturated carbocycles. The summed E-state index contributed by atoms with van der Waals surface area (Å²) in [6.45, 7) is -0.175. The van der Waals surface area contributed by atoms with Gasteiger partial charge in [0, 0.05) is 18.4 Å². The molecule has 4 aliphatic rings. The van der Waals surface area contributed by atoms with E-state index < -0.39 is 35.5 Å². The number of hydrogen-bond donors (Lipinski definition) is 7. The lowest BCUT2D eigenvalue weighted by Gasteiger charge is -2.46. The van der Waals surface area contributed by atoms with Crippen molar-refractivity contribution in [3.05, 3.63) is 35.9 Å². The molecule has 5 rings (SSSR count). The first-order valence-corrected chi connectivity index (χ1v) is 10.6. The quantitative estimate of drug-likeness (QED) is 0.170. The Bertz CT molecular complexity index is 1070. The minimum atomic E-state index is -2.56. The Morgan fingerprint density at radius 1 is 1.21 bits per heavy atom. The summed E-state index contributed by atoms with van der Waals surface area (Å²) in [5, 5.41) is 28.3. The maximum Gasteiger partial charge on any atom is 0.343 e. The molecule has 13 nitrogen and oxygen atoms in total. The molecule has 4 atom stereocenters. The summed E-state index contributed by atoms with van der Waals surface area (Å²) in [7, 11) is 0. The molecule has 3 amide bonds. The number of nitrogens with two attached hydrogens (primary N) is 2. The van der Waals surface area contributed by atoms with Crippen LogP contribution in [0.3, 0.4) is 0 Å². The van der Waals surface area contributed by atoms with Gasteiger partial charge in [-0.15, -0.1) is 0 Å². The number of likely N-dealkylation sites (tertiary alicyclic amines) is 1. The van der Waals surface area contributed by atoms with Gasteiger partial charge in [0.1, 0.15) is 12.1 Å². The van der Waals surface area contributed by atoms with Gasteiger partial charge in [0.15, 0.2) is 12.0 Å². The highest BCUT2D eigenvalue weighted by Gasteiger charge is 2.76. The van der Waals surface area contributed by atoms with Crippen molar-refractivity contribution in [2.24, 2.45) is 16.5 Å². The average molecular weight is 457 g/mol. The van der Waals surface area contributed by atoms with E-state index in [1.807, 2.05) is 0 Å². The predicted molar refractivity (Wildman–Crippen MR) is 113 cm³/mol. The molecular formula is C20H25N8O5+. The van der Waals surface area contributed by atoms with Crippen LogP contribution in [0, 0.1) is 0 Å². The predicted octanol–water partition coefficient (Wildman–Crippen LogP) is -5.31. The lowest BCUT2D eigenvalue weighted by Crippen LogP contribution is -2.90. The molecule has 2 saturated heterocycles. The number of hydrogen-bond acceptors (Lipinski definition) is 10. The van der Waals surface area contributed by atoms with Crippen LogP contribution in [0.1, 0.15) is 23.2 Å². The monoisotopic (exact) mass is 457 g/mol. The van der Waals surface area contributed by atoms with Gasteiger partial charge < -0.3 is 21.3 Å². The number of imide groups is 1. The molecule has 174 valence electrons. The van der Waals surface area contributed by atoms with Crippen molar-refractivity contribution in [1.29, 1.82) is 0 Å². The normalized spacial score (nSPS) is 32.1. The van der Waals surface area contributed by atoms with E-state index in [4.69, 9.17) is 11.5 Å². The third-order valence-electron chi connectivity index (χ3n) is 6.75. The zero-order valence-electron chi connectivity index (χ0n) is 17.6. The van der Waals surface area contributed by atoms with Crippen LogP contribution in [0.15, 0.2) is 35.3 Å². The minimum Gasteiger partial charge on any atom is -0.370 e. The highest BCUT2D eigenvalue weighted by molar-refractivity contribution is 6.02. The number of carbonyl (C=O) groups excluding carboxylic acids is 3. The van der Waals surface area contributed by atoms with Crippen LogP contribution in [-0.4, -0.2) is 92.3 Å². The largest absolute Gasteiger partial charge is 0.370 e. The van der Waals surface area contributed by atoms with Crippen molar-refractivity contribution in [2.75, 3.05) is 13.1 Å². The summed E-state index contributed by atoms with van der Waals surface area (Å²) in [5.74, 6) is -3.71. The van der Waals surface area contributed by atoms with Crippen LogP contribution >= 0.6 is 0 Å². The Morgan fingerprint density at radius 2 is 1.88 bits per heavy atom. The summed E-state index contributed by atoms with van der Waals surface area (Å²) in [6.07, 6.45) is 0.230. The molecule has 1 aromatic carbocycles. The van der Waals surface area contributed by atoms with Crippen LogP contribution in [-0.2, 0) is 9.59 Å². The number of aliphatic imine (C=N–C) groups is 1. The lowest BCUT2D eigenvalue weighted by atomic mass is 9.84. The van der Waals surface area contributed by atoms with Gasteiger partial charge in [-0.2, -0.15) is 0 Å². The van der Waals surface area contributed by atoms with Crippen molar-refractivity contribution in [2.45, 2.75) is 42.4 Å². The number of nitrogens with zero attached hydrogens (tertiary/aromatic N) is 3. The van der Waals surface area contributed by atoms with Gasteiger partial charge in [0.25, 0.3) is 11.6 Å². The molecule has 9 N–H and O–H groups in total. The maximum atomic E-state index is 12.7. The van der Waals surface area contributed by atoms with Crippen molar-refractivity contribution in [3.63, 3.8) is 0 Å². The van der Waals surface area contributed by atoms with Gasteiger partial charge in [-0.1, -0.05) is 18.2 Å². The summed E-state index contributed by atoms with van der Waals surface area (Å²) in [6, 6.07) is 5.50. The van der Waals surface area contributed by atoms with Gasteiger partial charge in [-0.3, -0.25) is 34.9 Å². The van der Waals surface area contributed by atoms with E-state index in [1.165, 1.54) is 4.90 Å². The molecule has 0 aliphatic carbocycles. The average Bonchev–Trinajstić information content (AvgIpc) is 3.37. The topological polar surface area (TPSA) is 201 Å². The van der Waals surface area contributed by atoms with E-state index in [1.54, 1.807) is 30.3 Å². The zero-order valence-corrected chi connectivity index (χ0v) is 17.6. The highest BCUT2D eigenvalue weighted by atomic mass is 16.5. The van der Waals surface area contributed by atoms with Gasteiger partial charge in [-0.05, 0) is 12.1 Å². The molecule has 1 spiro atoms. The number of nitrogens with one attached hydrogen (secondary N) is 3. The Kier molecular flexibility index (Phi) is 4.58. The molecule has 1 aromatic rings. The number of aliphatic hydroxyl groups is 2. The van der Waals surface area contributed by atoms with Crippen LogP contribution in [0.5, 0.6) is 0 Å². The number of guanidine groups is 2. The molecule has 0 bridgehead atoms. The molecule has 13 heteroatoms. The number of carbonyl (C=O) groups is 3. The second kappa shape index (κ2) is 7.15. The second-order valence-corrected chi connectivity index (χ2v) is 8.61. The highest BCUT2D eigenvalue weighted by Crippen LogP contribution is 2.41. The van der Waals surface area contributed by atoms with Gasteiger partial charge in [0.05, 0.1) is 13.1 Å². The van der Waals surface area contributed by atoms with Crippen LogP contribution in [0.4, 0.5) is 0 Å². The van der Waals surface area contributed by atoms with Crippen LogP contribution < -0.4 is 27.1 Å². The van der Waals surface area contributed by atoms with E-state index in [2.05, 4.69) is 20.6 Å².